The van der Waals surface area contributed by atoms with Crippen LogP contribution in [-0.4, -0.2) is 32.1 Å². The minimum atomic E-state index is -0.828. The van der Waals surface area contributed by atoms with Crippen molar-refractivity contribution < 1.29 is 29.6 Å². The Labute approximate surface area is 153 Å². The van der Waals surface area contributed by atoms with Gasteiger partial charge in [-0.1, -0.05) is 0 Å². The van der Waals surface area contributed by atoms with Gasteiger partial charge in [0.15, 0.2) is 0 Å². The zero-order valence-electron chi connectivity index (χ0n) is 14.7. The first-order chi connectivity index (χ1) is 12.7. The Bertz CT molecular complexity index is 1130. The number of phenols is 3. The number of aliphatic hydroxyl groups is 1. The zero-order chi connectivity index (χ0) is 19.5. The first kappa shape index (κ1) is 17.2. The van der Waals surface area contributed by atoms with Crippen LogP contribution in [0.4, 0.5) is 0 Å². The van der Waals surface area contributed by atoms with Gasteiger partial charge in [-0.3, -0.25) is 0 Å². The van der Waals surface area contributed by atoms with E-state index in [-0.39, 0.29) is 45.8 Å². The van der Waals surface area contributed by atoms with E-state index in [1.165, 1.54) is 18.2 Å². The Hall–Kier alpha value is -3.19. The molecule has 1 unspecified atom stereocenters. The minimum Gasteiger partial charge on any atom is -0.508 e. The van der Waals surface area contributed by atoms with Crippen LogP contribution in [0.3, 0.4) is 0 Å². The van der Waals surface area contributed by atoms with Crippen molar-refractivity contribution in [3.8, 4) is 34.1 Å². The molecule has 0 fully saturated rings. The second-order valence-corrected chi connectivity index (χ2v) is 7.19. The molecule has 7 nitrogen and oxygen atoms in total. The van der Waals surface area contributed by atoms with Gasteiger partial charge in [-0.05, 0) is 32.0 Å². The van der Waals surface area contributed by atoms with Gasteiger partial charge in [0, 0.05) is 29.7 Å². The van der Waals surface area contributed by atoms with E-state index in [0.717, 1.165) is 6.07 Å². The van der Waals surface area contributed by atoms with Crippen molar-refractivity contribution in [1.29, 1.82) is 0 Å². The highest BCUT2D eigenvalue weighted by atomic mass is 16.5. The number of rotatable bonds is 1. The topological polar surface area (TPSA) is 120 Å². The van der Waals surface area contributed by atoms with Crippen LogP contribution in [0.5, 0.6) is 23.0 Å². The molecule has 0 saturated heterocycles. The molecular formula is C20H18O7. The van der Waals surface area contributed by atoms with Crippen molar-refractivity contribution in [3.63, 3.8) is 0 Å². The Morgan fingerprint density at radius 2 is 1.81 bits per heavy atom. The number of aliphatic hydroxyl groups excluding tert-OH is 1. The average molecular weight is 370 g/mol. The zero-order valence-corrected chi connectivity index (χ0v) is 14.7. The summed E-state index contributed by atoms with van der Waals surface area (Å²) in [5.41, 5.74) is -0.861. The van der Waals surface area contributed by atoms with Gasteiger partial charge in [-0.25, -0.2) is 4.79 Å². The van der Waals surface area contributed by atoms with Crippen LogP contribution in [-0.2, 0) is 6.42 Å². The number of aromatic hydroxyl groups is 3. The molecule has 140 valence electrons. The fourth-order valence-corrected chi connectivity index (χ4v) is 3.29. The quantitative estimate of drug-likeness (QED) is 0.486. The molecule has 2 aromatic carbocycles. The maximum atomic E-state index is 12.4. The predicted octanol–water partition coefficient (Wildman–Crippen LogP) is 2.65. The highest BCUT2D eigenvalue weighted by Gasteiger charge is 2.37. The number of fused-ring (bicyclic) bond motifs is 2. The number of ether oxygens (including phenoxy) is 1. The van der Waals surface area contributed by atoms with Gasteiger partial charge >= 0.3 is 5.63 Å². The first-order valence-corrected chi connectivity index (χ1v) is 8.39. The van der Waals surface area contributed by atoms with Crippen molar-refractivity contribution in [2.75, 3.05) is 0 Å². The Kier molecular flexibility index (Phi) is 3.61. The fourth-order valence-electron chi connectivity index (χ4n) is 3.29. The normalized spacial score (nSPS) is 18.1. The Morgan fingerprint density at radius 3 is 2.56 bits per heavy atom. The van der Waals surface area contributed by atoms with Crippen LogP contribution in [0.2, 0.25) is 0 Å². The molecule has 4 N–H and O–H groups in total. The Balaban J connectivity index is 1.91. The van der Waals surface area contributed by atoms with E-state index in [1.54, 1.807) is 19.9 Å². The second-order valence-electron chi connectivity index (χ2n) is 7.19. The molecule has 3 aromatic rings. The van der Waals surface area contributed by atoms with E-state index in [9.17, 15) is 25.2 Å². The summed E-state index contributed by atoms with van der Waals surface area (Å²) >= 11 is 0. The molecule has 4 rings (SSSR count). The molecule has 0 aliphatic carbocycles. The third kappa shape index (κ3) is 2.67. The molecule has 1 aliphatic heterocycles. The molecule has 1 atom stereocenters. The number of benzene rings is 2. The lowest BCUT2D eigenvalue weighted by molar-refractivity contribution is -0.0416. The molecule has 1 aliphatic rings. The van der Waals surface area contributed by atoms with Crippen molar-refractivity contribution in [2.24, 2.45) is 0 Å². The third-order valence-corrected chi connectivity index (χ3v) is 4.92. The summed E-state index contributed by atoms with van der Waals surface area (Å²) in [5, 5.41) is 40.7. The van der Waals surface area contributed by atoms with Gasteiger partial charge in [-0.2, -0.15) is 0 Å². The van der Waals surface area contributed by atoms with Crippen molar-refractivity contribution in [2.45, 2.75) is 32.0 Å². The summed E-state index contributed by atoms with van der Waals surface area (Å²) in [6.07, 6.45) is -0.661. The molecule has 0 spiro atoms. The number of phenolic OH excluding ortho intramolecular Hbond substituents is 3. The third-order valence-electron chi connectivity index (χ3n) is 4.92. The van der Waals surface area contributed by atoms with Gasteiger partial charge < -0.3 is 29.6 Å². The van der Waals surface area contributed by atoms with Crippen molar-refractivity contribution in [1.82, 2.24) is 0 Å². The smallest absolute Gasteiger partial charge is 0.344 e. The largest absolute Gasteiger partial charge is 0.508 e. The lowest BCUT2D eigenvalue weighted by Crippen LogP contribution is -2.46. The average Bonchev–Trinajstić information content (AvgIpc) is 2.57. The van der Waals surface area contributed by atoms with Crippen LogP contribution >= 0.6 is 0 Å². The lowest BCUT2D eigenvalue weighted by atomic mass is 9.89. The molecule has 27 heavy (non-hydrogen) atoms. The fraction of sp³-hybridized carbons (Fsp3) is 0.250. The molecule has 0 radical (unpaired) electrons. The van der Waals surface area contributed by atoms with E-state index in [2.05, 4.69) is 0 Å². The monoisotopic (exact) mass is 370 g/mol. The summed E-state index contributed by atoms with van der Waals surface area (Å²) in [4.78, 5) is 12.4. The molecule has 0 amide bonds. The van der Waals surface area contributed by atoms with Crippen molar-refractivity contribution in [3.05, 3.63) is 46.3 Å². The molecule has 0 saturated carbocycles. The van der Waals surface area contributed by atoms with E-state index in [0.29, 0.717) is 11.3 Å². The van der Waals surface area contributed by atoms with E-state index < -0.39 is 17.3 Å². The van der Waals surface area contributed by atoms with Crippen LogP contribution in [0.1, 0.15) is 19.4 Å². The summed E-state index contributed by atoms with van der Waals surface area (Å²) < 4.78 is 11.0. The Morgan fingerprint density at radius 1 is 1.07 bits per heavy atom. The highest BCUT2D eigenvalue weighted by Crippen LogP contribution is 2.43. The highest BCUT2D eigenvalue weighted by molar-refractivity contribution is 5.89. The van der Waals surface area contributed by atoms with Gasteiger partial charge in [-0.15, -0.1) is 0 Å². The number of hydrogen-bond acceptors (Lipinski definition) is 7. The SMILES string of the molecule is CC1(C)Oc2ccc(-c3cc4c(O)cc(O)cc4oc3=O)c(O)c2CC1O. The van der Waals surface area contributed by atoms with Crippen LogP contribution in [0.15, 0.2) is 39.5 Å². The summed E-state index contributed by atoms with van der Waals surface area (Å²) in [6.45, 7) is 3.50. The summed E-state index contributed by atoms with van der Waals surface area (Å²) in [5.74, 6) is -0.245. The summed E-state index contributed by atoms with van der Waals surface area (Å²) in [7, 11) is 0. The van der Waals surface area contributed by atoms with E-state index >= 15 is 0 Å². The van der Waals surface area contributed by atoms with E-state index in [1.807, 2.05) is 0 Å². The van der Waals surface area contributed by atoms with Crippen LogP contribution in [0, 0.1) is 0 Å². The molecule has 7 heteroatoms. The van der Waals surface area contributed by atoms with Crippen LogP contribution in [0.25, 0.3) is 22.1 Å². The second kappa shape index (κ2) is 5.65. The van der Waals surface area contributed by atoms with Gasteiger partial charge in [0.1, 0.15) is 34.2 Å². The van der Waals surface area contributed by atoms with Crippen molar-refractivity contribution >= 4 is 11.0 Å². The lowest BCUT2D eigenvalue weighted by Gasteiger charge is -2.37. The molecule has 1 aromatic heterocycles. The van der Waals surface area contributed by atoms with Gasteiger partial charge in [0.25, 0.3) is 0 Å². The maximum Gasteiger partial charge on any atom is 0.344 e. The first-order valence-electron chi connectivity index (χ1n) is 8.39. The summed E-state index contributed by atoms with van der Waals surface area (Å²) in [6, 6.07) is 6.89. The minimum absolute atomic E-state index is 0.0270. The van der Waals surface area contributed by atoms with E-state index in [4.69, 9.17) is 9.15 Å². The van der Waals surface area contributed by atoms with Gasteiger partial charge in [0.2, 0.25) is 0 Å². The van der Waals surface area contributed by atoms with Crippen LogP contribution < -0.4 is 10.4 Å². The van der Waals surface area contributed by atoms with Gasteiger partial charge in [0.05, 0.1) is 17.1 Å². The number of hydrogen-bond donors (Lipinski definition) is 4. The molecular weight excluding hydrogens is 352 g/mol. The molecule has 0 bridgehead atoms. The predicted molar refractivity (Wildman–Crippen MR) is 97.3 cm³/mol. The maximum absolute atomic E-state index is 12.4. The standard InChI is InChI=1S/C20H18O7/c1-20(2)17(23)8-13-15(27-20)4-3-10(18(13)24)11-7-12-14(22)5-9(21)6-16(12)26-19(11)25/h3-7,17,21-24H,8H2,1-2H3. The molecule has 2 heterocycles.